The van der Waals surface area contributed by atoms with Gasteiger partial charge in [0.25, 0.3) is 0 Å². The molecule has 0 fully saturated rings. The highest BCUT2D eigenvalue weighted by Crippen LogP contribution is 2.17. The van der Waals surface area contributed by atoms with Gasteiger partial charge in [0.15, 0.2) is 0 Å². The molecule has 0 spiro atoms. The molecule has 0 heterocycles. The van der Waals surface area contributed by atoms with Crippen LogP contribution in [0.3, 0.4) is 0 Å². The average molecular weight is 221 g/mol. The Morgan fingerprint density at radius 2 is 1.81 bits per heavy atom. The summed E-state index contributed by atoms with van der Waals surface area (Å²) in [6.45, 7) is 5.18. The van der Waals surface area contributed by atoms with Gasteiger partial charge in [0.1, 0.15) is 0 Å². The number of methoxy groups -OCH3 is 1. The Bertz CT molecular complexity index is 273. The molecule has 2 nitrogen and oxygen atoms in total. The Balaban J connectivity index is 2.61. The monoisotopic (exact) mass is 221 g/mol. The second-order valence-electron chi connectivity index (χ2n) is 4.10. The number of hydrogen-bond acceptors (Lipinski definition) is 2. The van der Waals surface area contributed by atoms with Gasteiger partial charge in [-0.3, -0.25) is 0 Å². The maximum absolute atomic E-state index is 5.21. The molecule has 0 aliphatic rings. The highest BCUT2D eigenvalue weighted by atomic mass is 16.5. The molecule has 0 saturated heterocycles. The molecule has 0 saturated carbocycles. The van der Waals surface area contributed by atoms with Crippen molar-refractivity contribution in [2.75, 3.05) is 13.7 Å². The second kappa shape index (κ2) is 7.42. The number of nitrogens with one attached hydrogen (secondary N) is 1. The molecule has 2 heteroatoms. The summed E-state index contributed by atoms with van der Waals surface area (Å²) in [6, 6.07) is 11.5. The summed E-state index contributed by atoms with van der Waals surface area (Å²) >= 11 is 0. The summed E-state index contributed by atoms with van der Waals surface area (Å²) in [6.07, 6.45) is 2.20. The summed E-state index contributed by atoms with van der Waals surface area (Å²) in [5, 5.41) is 3.65. The maximum Gasteiger partial charge on any atom is 0.0615 e. The first-order valence-electron chi connectivity index (χ1n) is 6.11. The fourth-order valence-corrected chi connectivity index (χ4v) is 1.90. The molecule has 1 rings (SSSR count). The van der Waals surface area contributed by atoms with Crippen LogP contribution in [-0.2, 0) is 4.74 Å². The molecule has 16 heavy (non-hydrogen) atoms. The molecule has 1 aromatic carbocycles. The summed E-state index contributed by atoms with van der Waals surface area (Å²) in [7, 11) is 1.76. The van der Waals surface area contributed by atoms with E-state index in [4.69, 9.17) is 4.74 Å². The molecule has 2 atom stereocenters. The zero-order valence-corrected chi connectivity index (χ0v) is 10.6. The smallest absolute Gasteiger partial charge is 0.0615 e. The molecule has 0 radical (unpaired) electrons. The maximum atomic E-state index is 5.21. The zero-order valence-electron chi connectivity index (χ0n) is 10.6. The van der Waals surface area contributed by atoms with Crippen LogP contribution in [0.5, 0.6) is 0 Å². The van der Waals surface area contributed by atoms with Gasteiger partial charge in [-0.2, -0.15) is 0 Å². The summed E-state index contributed by atoms with van der Waals surface area (Å²) in [4.78, 5) is 0. The van der Waals surface area contributed by atoms with E-state index in [2.05, 4.69) is 49.5 Å². The van der Waals surface area contributed by atoms with Crippen molar-refractivity contribution in [3.05, 3.63) is 35.9 Å². The standard InChI is InChI=1S/C14H23NO/c1-4-13(11-16-3)15-14(5-2)12-9-7-6-8-10-12/h6-10,13-15H,4-5,11H2,1-3H3. The van der Waals surface area contributed by atoms with Gasteiger partial charge in [0, 0.05) is 19.2 Å². The van der Waals surface area contributed by atoms with Gasteiger partial charge in [-0.15, -0.1) is 0 Å². The molecule has 0 aliphatic heterocycles. The number of rotatable bonds is 7. The lowest BCUT2D eigenvalue weighted by Gasteiger charge is -2.24. The predicted molar refractivity (Wildman–Crippen MR) is 68.6 cm³/mol. The summed E-state index contributed by atoms with van der Waals surface area (Å²) in [5.74, 6) is 0. The Morgan fingerprint density at radius 1 is 1.12 bits per heavy atom. The first-order chi connectivity index (χ1) is 7.81. The highest BCUT2D eigenvalue weighted by Gasteiger charge is 2.13. The zero-order chi connectivity index (χ0) is 11.8. The molecule has 0 amide bonds. The van der Waals surface area contributed by atoms with E-state index in [-0.39, 0.29) is 0 Å². The minimum Gasteiger partial charge on any atom is -0.383 e. The third kappa shape index (κ3) is 3.95. The molecule has 2 unspecified atom stereocenters. The quantitative estimate of drug-likeness (QED) is 0.763. The Kier molecular flexibility index (Phi) is 6.12. The largest absolute Gasteiger partial charge is 0.383 e. The molecule has 0 aromatic heterocycles. The van der Waals surface area contributed by atoms with Crippen LogP contribution in [0.2, 0.25) is 0 Å². The molecule has 1 N–H and O–H groups in total. The predicted octanol–water partition coefficient (Wildman–Crippen LogP) is 3.15. The van der Waals surface area contributed by atoms with Gasteiger partial charge in [-0.1, -0.05) is 44.2 Å². The molecule has 0 aliphatic carbocycles. The third-order valence-electron chi connectivity index (χ3n) is 2.91. The molecular weight excluding hydrogens is 198 g/mol. The van der Waals surface area contributed by atoms with Gasteiger partial charge in [-0.25, -0.2) is 0 Å². The fourth-order valence-electron chi connectivity index (χ4n) is 1.90. The van der Waals surface area contributed by atoms with Crippen LogP contribution in [0.4, 0.5) is 0 Å². The van der Waals surface area contributed by atoms with E-state index in [1.807, 2.05) is 0 Å². The van der Waals surface area contributed by atoms with Crippen molar-refractivity contribution >= 4 is 0 Å². The Labute approximate surface area is 99.0 Å². The number of benzene rings is 1. The summed E-state index contributed by atoms with van der Waals surface area (Å²) < 4.78 is 5.21. The van der Waals surface area contributed by atoms with Crippen molar-refractivity contribution in [3.8, 4) is 0 Å². The van der Waals surface area contributed by atoms with E-state index in [9.17, 15) is 0 Å². The minimum atomic E-state index is 0.432. The SMILES string of the molecule is CCC(COC)NC(CC)c1ccccc1. The third-order valence-corrected chi connectivity index (χ3v) is 2.91. The van der Waals surface area contributed by atoms with Crippen LogP contribution in [0.1, 0.15) is 38.3 Å². The van der Waals surface area contributed by atoms with Gasteiger partial charge >= 0.3 is 0 Å². The summed E-state index contributed by atoms with van der Waals surface area (Å²) in [5.41, 5.74) is 1.36. The number of ether oxygens (including phenoxy) is 1. The van der Waals surface area contributed by atoms with Crippen LogP contribution < -0.4 is 5.32 Å². The van der Waals surface area contributed by atoms with E-state index in [0.29, 0.717) is 12.1 Å². The molecule has 1 aromatic rings. The van der Waals surface area contributed by atoms with Crippen molar-refractivity contribution in [2.45, 2.75) is 38.8 Å². The Hall–Kier alpha value is -0.860. The highest BCUT2D eigenvalue weighted by molar-refractivity contribution is 5.18. The lowest BCUT2D eigenvalue weighted by molar-refractivity contribution is 0.158. The minimum absolute atomic E-state index is 0.432. The van der Waals surface area contributed by atoms with Gasteiger partial charge < -0.3 is 10.1 Å². The van der Waals surface area contributed by atoms with Crippen molar-refractivity contribution in [1.29, 1.82) is 0 Å². The van der Waals surface area contributed by atoms with Gasteiger partial charge in [0.05, 0.1) is 6.61 Å². The van der Waals surface area contributed by atoms with Crippen LogP contribution >= 0.6 is 0 Å². The van der Waals surface area contributed by atoms with Crippen molar-refractivity contribution < 1.29 is 4.74 Å². The molecule has 90 valence electrons. The molecule has 0 bridgehead atoms. The van der Waals surface area contributed by atoms with Crippen LogP contribution in [0.25, 0.3) is 0 Å². The van der Waals surface area contributed by atoms with E-state index in [1.54, 1.807) is 7.11 Å². The Morgan fingerprint density at radius 3 is 2.31 bits per heavy atom. The fraction of sp³-hybridized carbons (Fsp3) is 0.571. The van der Waals surface area contributed by atoms with Gasteiger partial charge in [-0.05, 0) is 18.4 Å². The van der Waals surface area contributed by atoms with E-state index < -0.39 is 0 Å². The van der Waals surface area contributed by atoms with E-state index in [1.165, 1.54) is 5.56 Å². The first kappa shape index (κ1) is 13.2. The first-order valence-corrected chi connectivity index (χ1v) is 6.11. The van der Waals surface area contributed by atoms with Crippen LogP contribution in [0, 0.1) is 0 Å². The number of hydrogen-bond donors (Lipinski definition) is 1. The topological polar surface area (TPSA) is 21.3 Å². The van der Waals surface area contributed by atoms with Crippen molar-refractivity contribution in [2.24, 2.45) is 0 Å². The van der Waals surface area contributed by atoms with Crippen LogP contribution in [-0.4, -0.2) is 19.8 Å². The van der Waals surface area contributed by atoms with Crippen molar-refractivity contribution in [3.63, 3.8) is 0 Å². The second-order valence-corrected chi connectivity index (χ2v) is 4.10. The molecular formula is C14H23NO. The van der Waals surface area contributed by atoms with Crippen LogP contribution in [0.15, 0.2) is 30.3 Å². The lowest BCUT2D eigenvalue weighted by Crippen LogP contribution is -2.35. The average Bonchev–Trinajstić information content (AvgIpc) is 2.35. The van der Waals surface area contributed by atoms with Gasteiger partial charge in [0.2, 0.25) is 0 Å². The lowest BCUT2D eigenvalue weighted by atomic mass is 10.0. The van der Waals surface area contributed by atoms with E-state index in [0.717, 1.165) is 19.4 Å². The normalized spacial score (nSPS) is 14.7. The van der Waals surface area contributed by atoms with Crippen molar-refractivity contribution in [1.82, 2.24) is 5.32 Å². The van der Waals surface area contributed by atoms with E-state index >= 15 is 0 Å².